The highest BCUT2D eigenvalue weighted by Crippen LogP contribution is 2.32. The number of carboxylic acids is 1. The molecular formula is C15H23N3O3. The van der Waals surface area contributed by atoms with Crippen LogP contribution < -0.4 is 5.32 Å². The Bertz CT molecular complexity index is 469. The van der Waals surface area contributed by atoms with Crippen LogP contribution in [0.2, 0.25) is 0 Å². The second-order valence-electron chi connectivity index (χ2n) is 6.13. The lowest BCUT2D eigenvalue weighted by Crippen LogP contribution is -2.30. The van der Waals surface area contributed by atoms with Crippen LogP contribution in [0.3, 0.4) is 0 Å². The van der Waals surface area contributed by atoms with Crippen LogP contribution in [-0.4, -0.2) is 33.5 Å². The molecule has 6 heteroatoms. The Morgan fingerprint density at radius 2 is 2.00 bits per heavy atom. The van der Waals surface area contributed by atoms with Crippen LogP contribution in [0.5, 0.6) is 0 Å². The quantitative estimate of drug-likeness (QED) is 0.803. The summed E-state index contributed by atoms with van der Waals surface area (Å²) in [6, 6.07) is 0. The molecule has 21 heavy (non-hydrogen) atoms. The second kappa shape index (κ2) is 7.71. The van der Waals surface area contributed by atoms with Crippen LogP contribution in [-0.2, 0) is 4.79 Å². The lowest BCUT2D eigenvalue weighted by Gasteiger charge is -2.30. The fourth-order valence-corrected chi connectivity index (χ4v) is 2.17. The van der Waals surface area contributed by atoms with Crippen LogP contribution in [0.4, 0.5) is 0 Å². The Hall–Kier alpha value is -1.98. The van der Waals surface area contributed by atoms with E-state index in [2.05, 4.69) is 36.1 Å². The first-order valence-corrected chi connectivity index (χ1v) is 7.06. The predicted molar refractivity (Wildman–Crippen MR) is 78.8 cm³/mol. The standard InChI is InChI=1S/C15H23N3O3/c1-15(2,3)11(4-5-13(19)20)6-7-18-14(21)12-10-16-8-9-17-12/h8-11H,4-7H2,1-3H3,(H,18,21)(H,19,20). The molecule has 0 aliphatic heterocycles. The van der Waals surface area contributed by atoms with Crippen molar-refractivity contribution in [2.45, 2.75) is 40.0 Å². The summed E-state index contributed by atoms with van der Waals surface area (Å²) in [6.07, 6.45) is 5.90. The minimum Gasteiger partial charge on any atom is -0.481 e. The summed E-state index contributed by atoms with van der Waals surface area (Å²) in [4.78, 5) is 30.3. The molecule has 0 aromatic carbocycles. The van der Waals surface area contributed by atoms with E-state index < -0.39 is 5.97 Å². The van der Waals surface area contributed by atoms with E-state index in [0.717, 1.165) is 6.42 Å². The third kappa shape index (κ3) is 6.33. The molecule has 1 rings (SSSR count). The molecule has 0 aliphatic carbocycles. The Labute approximate surface area is 125 Å². The molecule has 116 valence electrons. The monoisotopic (exact) mass is 293 g/mol. The average molecular weight is 293 g/mol. The molecule has 0 fully saturated rings. The molecule has 0 saturated heterocycles. The topological polar surface area (TPSA) is 92.2 Å². The maximum Gasteiger partial charge on any atom is 0.303 e. The number of nitrogens with zero attached hydrogens (tertiary/aromatic N) is 2. The molecule has 1 unspecified atom stereocenters. The van der Waals surface area contributed by atoms with Gasteiger partial charge in [0.15, 0.2) is 0 Å². The van der Waals surface area contributed by atoms with Crippen LogP contribution in [0, 0.1) is 11.3 Å². The van der Waals surface area contributed by atoms with Gasteiger partial charge in [-0.25, -0.2) is 4.98 Å². The molecule has 0 aliphatic rings. The highest BCUT2D eigenvalue weighted by atomic mass is 16.4. The molecule has 0 radical (unpaired) electrons. The highest BCUT2D eigenvalue weighted by Gasteiger charge is 2.25. The number of rotatable bonds is 7. The first-order valence-electron chi connectivity index (χ1n) is 7.06. The van der Waals surface area contributed by atoms with E-state index >= 15 is 0 Å². The van der Waals surface area contributed by atoms with Crippen molar-refractivity contribution < 1.29 is 14.7 Å². The summed E-state index contributed by atoms with van der Waals surface area (Å²) in [6.45, 7) is 6.76. The molecule has 1 atom stereocenters. The van der Waals surface area contributed by atoms with Crippen LogP contribution in [0.25, 0.3) is 0 Å². The van der Waals surface area contributed by atoms with E-state index in [1.165, 1.54) is 18.6 Å². The number of amides is 1. The normalized spacial score (nSPS) is 12.7. The van der Waals surface area contributed by atoms with Crippen molar-refractivity contribution in [3.8, 4) is 0 Å². The van der Waals surface area contributed by atoms with Gasteiger partial charge >= 0.3 is 5.97 Å². The third-order valence-electron chi connectivity index (χ3n) is 3.51. The number of aliphatic carboxylic acids is 1. The van der Waals surface area contributed by atoms with Gasteiger partial charge in [0.25, 0.3) is 5.91 Å². The molecule has 6 nitrogen and oxygen atoms in total. The molecule has 1 heterocycles. The maximum atomic E-state index is 11.8. The molecular weight excluding hydrogens is 270 g/mol. The summed E-state index contributed by atoms with van der Waals surface area (Å²) in [5, 5.41) is 11.6. The Kier molecular flexibility index (Phi) is 6.27. The second-order valence-corrected chi connectivity index (χ2v) is 6.13. The van der Waals surface area contributed by atoms with Crippen molar-refractivity contribution in [1.29, 1.82) is 0 Å². The summed E-state index contributed by atoms with van der Waals surface area (Å²) >= 11 is 0. The first-order chi connectivity index (χ1) is 9.80. The van der Waals surface area contributed by atoms with Gasteiger partial charge in [-0.1, -0.05) is 20.8 Å². The molecule has 1 aromatic rings. The number of carboxylic acid groups (broad SMARTS) is 1. The van der Waals surface area contributed by atoms with E-state index in [0.29, 0.717) is 13.0 Å². The van der Waals surface area contributed by atoms with Crippen LogP contribution >= 0.6 is 0 Å². The van der Waals surface area contributed by atoms with E-state index in [1.54, 1.807) is 0 Å². The van der Waals surface area contributed by atoms with Gasteiger partial charge < -0.3 is 10.4 Å². The van der Waals surface area contributed by atoms with Gasteiger partial charge in [0, 0.05) is 25.4 Å². The smallest absolute Gasteiger partial charge is 0.303 e. The fraction of sp³-hybridized carbons (Fsp3) is 0.600. The van der Waals surface area contributed by atoms with E-state index in [-0.39, 0.29) is 29.4 Å². The number of carbonyl (C=O) groups excluding carboxylic acids is 1. The molecule has 0 saturated carbocycles. The number of hydrogen-bond donors (Lipinski definition) is 2. The van der Waals surface area contributed by atoms with Gasteiger partial charge in [0.2, 0.25) is 0 Å². The number of nitrogens with one attached hydrogen (secondary N) is 1. The molecule has 1 amide bonds. The van der Waals surface area contributed by atoms with Crippen molar-refractivity contribution in [2.24, 2.45) is 11.3 Å². The number of aromatic nitrogens is 2. The zero-order valence-corrected chi connectivity index (χ0v) is 12.8. The highest BCUT2D eigenvalue weighted by molar-refractivity contribution is 5.91. The number of carbonyl (C=O) groups is 2. The Balaban J connectivity index is 2.46. The van der Waals surface area contributed by atoms with Crippen molar-refractivity contribution in [3.05, 3.63) is 24.3 Å². The van der Waals surface area contributed by atoms with Crippen LogP contribution in [0.15, 0.2) is 18.6 Å². The van der Waals surface area contributed by atoms with Crippen molar-refractivity contribution >= 4 is 11.9 Å². The lowest BCUT2D eigenvalue weighted by atomic mass is 9.76. The molecule has 1 aromatic heterocycles. The van der Waals surface area contributed by atoms with E-state index in [1.807, 2.05) is 0 Å². The van der Waals surface area contributed by atoms with Crippen molar-refractivity contribution in [2.75, 3.05) is 6.54 Å². The zero-order valence-electron chi connectivity index (χ0n) is 12.8. The van der Waals surface area contributed by atoms with Gasteiger partial charge in [-0.3, -0.25) is 14.6 Å². The summed E-state index contributed by atoms with van der Waals surface area (Å²) in [7, 11) is 0. The lowest BCUT2D eigenvalue weighted by molar-refractivity contribution is -0.137. The van der Waals surface area contributed by atoms with Gasteiger partial charge in [0.05, 0.1) is 6.20 Å². The molecule has 0 bridgehead atoms. The predicted octanol–water partition coefficient (Wildman–Crippen LogP) is 2.12. The largest absolute Gasteiger partial charge is 0.481 e. The van der Waals surface area contributed by atoms with Gasteiger partial charge in [-0.05, 0) is 24.2 Å². The van der Waals surface area contributed by atoms with Gasteiger partial charge in [-0.15, -0.1) is 0 Å². The Morgan fingerprint density at radius 3 is 2.52 bits per heavy atom. The minimum atomic E-state index is -0.784. The van der Waals surface area contributed by atoms with Crippen LogP contribution in [0.1, 0.15) is 50.5 Å². The van der Waals surface area contributed by atoms with E-state index in [4.69, 9.17) is 5.11 Å². The van der Waals surface area contributed by atoms with Crippen molar-refractivity contribution in [1.82, 2.24) is 15.3 Å². The first kappa shape index (κ1) is 17.1. The molecule has 0 spiro atoms. The van der Waals surface area contributed by atoms with Gasteiger partial charge in [-0.2, -0.15) is 0 Å². The zero-order chi connectivity index (χ0) is 15.9. The maximum absolute atomic E-state index is 11.8. The third-order valence-corrected chi connectivity index (χ3v) is 3.51. The summed E-state index contributed by atoms with van der Waals surface area (Å²) in [5.74, 6) is -0.808. The average Bonchev–Trinajstić information content (AvgIpc) is 2.41. The summed E-state index contributed by atoms with van der Waals surface area (Å²) in [5.41, 5.74) is 0.294. The SMILES string of the molecule is CC(C)(C)C(CCNC(=O)c1cnccn1)CCC(=O)O. The fourth-order valence-electron chi connectivity index (χ4n) is 2.17. The van der Waals surface area contributed by atoms with Gasteiger partial charge in [0.1, 0.15) is 5.69 Å². The molecule has 2 N–H and O–H groups in total. The number of hydrogen-bond acceptors (Lipinski definition) is 4. The Morgan fingerprint density at radius 1 is 1.29 bits per heavy atom. The summed E-state index contributed by atoms with van der Waals surface area (Å²) < 4.78 is 0. The van der Waals surface area contributed by atoms with E-state index in [9.17, 15) is 9.59 Å². The minimum absolute atomic E-state index is 0.00668. The van der Waals surface area contributed by atoms with Crippen molar-refractivity contribution in [3.63, 3.8) is 0 Å².